The highest BCUT2D eigenvalue weighted by Gasteiger charge is 2.29. The van der Waals surface area contributed by atoms with Gasteiger partial charge in [0.1, 0.15) is 0 Å². The van der Waals surface area contributed by atoms with E-state index in [4.69, 9.17) is 0 Å². The molecule has 1 aromatic rings. The fourth-order valence-corrected chi connectivity index (χ4v) is 3.02. The topological polar surface area (TPSA) is 43.8 Å². The zero-order valence-electron chi connectivity index (χ0n) is 14.1. The fraction of sp³-hybridized carbons (Fsp3) is 0.611. The number of para-hydroxylation sites is 1. The molecule has 1 amide bonds. The van der Waals surface area contributed by atoms with Crippen molar-refractivity contribution in [3.05, 3.63) is 29.8 Å². The lowest BCUT2D eigenvalue weighted by Gasteiger charge is -2.31. The number of hydrogen-bond donors (Lipinski definition) is 1. The summed E-state index contributed by atoms with van der Waals surface area (Å²) in [5.74, 6) is 0.157. The third-order valence-corrected chi connectivity index (χ3v) is 4.61. The van der Waals surface area contributed by atoms with E-state index in [0.717, 1.165) is 13.0 Å². The normalized spacial score (nSPS) is 19.8. The first-order chi connectivity index (χ1) is 10.4. The van der Waals surface area contributed by atoms with Crippen molar-refractivity contribution in [1.29, 1.82) is 0 Å². The fourth-order valence-electron chi connectivity index (χ4n) is 3.02. The number of nitrogens with zero attached hydrogens (tertiary/aromatic N) is 2. The maximum atomic E-state index is 12.7. The van der Waals surface area contributed by atoms with Crippen molar-refractivity contribution in [2.45, 2.75) is 52.3 Å². The number of fused-ring (bicyclic) bond motifs is 1. The lowest BCUT2D eigenvalue weighted by atomic mass is 10.0. The van der Waals surface area contributed by atoms with E-state index in [0.29, 0.717) is 6.54 Å². The molecule has 2 atom stereocenters. The first-order valence-corrected chi connectivity index (χ1v) is 8.20. The van der Waals surface area contributed by atoms with Crippen LogP contribution in [-0.2, 0) is 11.3 Å². The van der Waals surface area contributed by atoms with E-state index in [1.807, 2.05) is 30.9 Å². The molecule has 2 unspecified atom stereocenters. The van der Waals surface area contributed by atoms with Gasteiger partial charge in [-0.15, -0.1) is 0 Å². The minimum absolute atomic E-state index is 0.0538. The summed E-state index contributed by atoms with van der Waals surface area (Å²) in [4.78, 5) is 16.9. The smallest absolute Gasteiger partial charge is 0.225 e. The molecular formula is C18H28N2O2. The Morgan fingerprint density at radius 3 is 2.68 bits per heavy atom. The Morgan fingerprint density at radius 1 is 1.36 bits per heavy atom. The maximum absolute atomic E-state index is 12.7. The second-order valence-electron chi connectivity index (χ2n) is 6.61. The number of hydrogen-bond acceptors (Lipinski definition) is 3. The second-order valence-corrected chi connectivity index (χ2v) is 6.61. The Labute approximate surface area is 133 Å². The van der Waals surface area contributed by atoms with Gasteiger partial charge >= 0.3 is 0 Å². The molecule has 0 aliphatic carbocycles. The molecule has 0 saturated carbocycles. The Morgan fingerprint density at radius 2 is 2.05 bits per heavy atom. The van der Waals surface area contributed by atoms with Crippen molar-refractivity contribution in [1.82, 2.24) is 4.90 Å². The summed E-state index contributed by atoms with van der Waals surface area (Å²) in [6.07, 6.45) is 0.559. The Hall–Kier alpha value is -1.55. The summed E-state index contributed by atoms with van der Waals surface area (Å²) < 4.78 is 0. The van der Waals surface area contributed by atoms with Crippen LogP contribution in [0.5, 0.6) is 0 Å². The van der Waals surface area contributed by atoms with E-state index in [2.05, 4.69) is 31.0 Å². The molecule has 1 N–H and O–H groups in total. The number of rotatable bonds is 4. The van der Waals surface area contributed by atoms with E-state index in [1.165, 1.54) is 11.3 Å². The van der Waals surface area contributed by atoms with Crippen LogP contribution in [0.1, 0.15) is 39.2 Å². The monoisotopic (exact) mass is 304 g/mol. The van der Waals surface area contributed by atoms with E-state index in [-0.39, 0.29) is 24.3 Å². The number of benzene rings is 1. The van der Waals surface area contributed by atoms with Crippen LogP contribution in [0.25, 0.3) is 0 Å². The number of likely N-dealkylation sites (N-methyl/N-ethyl adjacent to an activating group) is 1. The molecule has 0 saturated heterocycles. The van der Waals surface area contributed by atoms with Crippen LogP contribution in [0.15, 0.2) is 24.3 Å². The molecule has 122 valence electrons. The van der Waals surface area contributed by atoms with Crippen molar-refractivity contribution < 1.29 is 9.90 Å². The molecule has 0 fully saturated rings. The van der Waals surface area contributed by atoms with Gasteiger partial charge in [0.05, 0.1) is 12.5 Å². The molecular weight excluding hydrogens is 276 g/mol. The molecule has 0 aromatic heterocycles. The molecule has 1 aromatic carbocycles. The van der Waals surface area contributed by atoms with E-state index in [9.17, 15) is 9.90 Å². The van der Waals surface area contributed by atoms with Gasteiger partial charge in [0.2, 0.25) is 5.91 Å². The predicted molar refractivity (Wildman–Crippen MR) is 89.8 cm³/mol. The van der Waals surface area contributed by atoms with Crippen molar-refractivity contribution in [3.8, 4) is 0 Å². The molecule has 1 heterocycles. The standard InChI is InChI=1S/C18H28N2O2/c1-5-15-12-19(4)16-9-7-6-8-14(16)11-20(15)18(22)10-17(21)13(2)3/h6-9,13,15,17,21H,5,10-12H2,1-4H3. The zero-order valence-corrected chi connectivity index (χ0v) is 14.1. The van der Waals surface area contributed by atoms with Crippen LogP contribution < -0.4 is 4.90 Å². The molecule has 4 nitrogen and oxygen atoms in total. The minimum atomic E-state index is -0.568. The van der Waals surface area contributed by atoms with Crippen molar-refractivity contribution in [3.63, 3.8) is 0 Å². The summed E-state index contributed by atoms with van der Waals surface area (Å²) in [7, 11) is 2.08. The Bertz CT molecular complexity index is 516. The number of aliphatic hydroxyl groups is 1. The van der Waals surface area contributed by atoms with Crippen LogP contribution in [-0.4, -0.2) is 41.7 Å². The summed E-state index contributed by atoms with van der Waals surface area (Å²) in [6, 6.07) is 8.44. The molecule has 1 aliphatic rings. The number of carbonyl (C=O) groups is 1. The second kappa shape index (κ2) is 7.14. The molecule has 4 heteroatoms. The highest BCUT2D eigenvalue weighted by atomic mass is 16.3. The average molecular weight is 304 g/mol. The van der Waals surface area contributed by atoms with Crippen molar-refractivity contribution in [2.24, 2.45) is 5.92 Å². The van der Waals surface area contributed by atoms with Gasteiger partial charge in [-0.2, -0.15) is 0 Å². The summed E-state index contributed by atoms with van der Waals surface area (Å²) >= 11 is 0. The SMILES string of the molecule is CCC1CN(C)c2ccccc2CN1C(=O)CC(O)C(C)C. The van der Waals surface area contributed by atoms with Gasteiger partial charge in [-0.05, 0) is 24.0 Å². The lowest BCUT2D eigenvalue weighted by molar-refractivity contribution is -0.136. The van der Waals surface area contributed by atoms with Crippen LogP contribution in [0, 0.1) is 5.92 Å². The lowest BCUT2D eigenvalue weighted by Crippen LogP contribution is -2.44. The average Bonchev–Trinajstić information content (AvgIpc) is 2.64. The molecule has 0 radical (unpaired) electrons. The first kappa shape index (κ1) is 16.8. The van der Waals surface area contributed by atoms with Gasteiger partial charge in [-0.1, -0.05) is 39.0 Å². The summed E-state index contributed by atoms with van der Waals surface area (Å²) in [5.41, 5.74) is 2.37. The third-order valence-electron chi connectivity index (χ3n) is 4.61. The maximum Gasteiger partial charge on any atom is 0.225 e. The van der Waals surface area contributed by atoms with Crippen molar-refractivity contribution in [2.75, 3.05) is 18.5 Å². The third kappa shape index (κ3) is 3.61. The van der Waals surface area contributed by atoms with E-state index < -0.39 is 6.10 Å². The van der Waals surface area contributed by atoms with Crippen LogP contribution >= 0.6 is 0 Å². The molecule has 2 rings (SSSR count). The molecule has 0 bridgehead atoms. The van der Waals surface area contributed by atoms with Gasteiger partial charge in [-0.25, -0.2) is 0 Å². The first-order valence-electron chi connectivity index (χ1n) is 8.20. The van der Waals surface area contributed by atoms with Gasteiger partial charge in [0.25, 0.3) is 0 Å². The highest BCUT2D eigenvalue weighted by molar-refractivity contribution is 5.78. The van der Waals surface area contributed by atoms with Gasteiger partial charge in [0.15, 0.2) is 0 Å². The quantitative estimate of drug-likeness (QED) is 0.930. The molecule has 0 spiro atoms. The number of aliphatic hydroxyl groups excluding tert-OH is 1. The van der Waals surface area contributed by atoms with Gasteiger partial charge in [0, 0.05) is 31.9 Å². The number of anilines is 1. The predicted octanol–water partition coefficient (Wildman–Crippen LogP) is 2.65. The Balaban J connectivity index is 2.23. The summed E-state index contributed by atoms with van der Waals surface area (Å²) in [6.45, 7) is 7.47. The van der Waals surface area contributed by atoms with Crippen LogP contribution in [0.4, 0.5) is 5.69 Å². The molecule has 1 aliphatic heterocycles. The van der Waals surface area contributed by atoms with E-state index in [1.54, 1.807) is 0 Å². The minimum Gasteiger partial charge on any atom is -0.392 e. The Kier molecular flexibility index (Phi) is 5.46. The van der Waals surface area contributed by atoms with Gasteiger partial charge in [-0.3, -0.25) is 4.79 Å². The molecule has 22 heavy (non-hydrogen) atoms. The zero-order chi connectivity index (χ0) is 16.3. The highest BCUT2D eigenvalue weighted by Crippen LogP contribution is 2.27. The van der Waals surface area contributed by atoms with Gasteiger partial charge < -0.3 is 14.9 Å². The van der Waals surface area contributed by atoms with Crippen LogP contribution in [0.2, 0.25) is 0 Å². The largest absolute Gasteiger partial charge is 0.392 e. The number of carbonyl (C=O) groups excluding carboxylic acids is 1. The number of amides is 1. The van der Waals surface area contributed by atoms with E-state index >= 15 is 0 Å². The van der Waals surface area contributed by atoms with Crippen LogP contribution in [0.3, 0.4) is 0 Å². The van der Waals surface area contributed by atoms with Crippen molar-refractivity contribution >= 4 is 11.6 Å². The summed E-state index contributed by atoms with van der Waals surface area (Å²) in [5, 5.41) is 10.0.